The van der Waals surface area contributed by atoms with Crippen molar-refractivity contribution < 1.29 is 22.5 Å². The Balaban J connectivity index is 2.21. The van der Waals surface area contributed by atoms with E-state index in [-0.39, 0.29) is 16.4 Å². The number of amides is 1. The molecule has 0 radical (unpaired) electrons. The van der Waals surface area contributed by atoms with E-state index in [4.69, 9.17) is 11.6 Å². The molecular formula is C12H9ClF3N3O2. The highest BCUT2D eigenvalue weighted by atomic mass is 35.5. The molecular weight excluding hydrogens is 311 g/mol. The molecule has 0 saturated heterocycles. The predicted octanol–water partition coefficient (Wildman–Crippen LogP) is 3.23. The van der Waals surface area contributed by atoms with Crippen LogP contribution in [0.5, 0.6) is 0 Å². The topological polar surface area (TPSA) is 68.0 Å². The van der Waals surface area contributed by atoms with E-state index in [1.807, 2.05) is 0 Å². The quantitative estimate of drug-likeness (QED) is 0.943. The number of hydrogen-bond acceptors (Lipinski definition) is 4. The fourth-order valence-corrected chi connectivity index (χ4v) is 1.83. The second-order valence-corrected chi connectivity index (χ2v) is 4.65. The van der Waals surface area contributed by atoms with Gasteiger partial charge in [-0.15, -0.1) is 0 Å². The highest BCUT2D eigenvalue weighted by Gasteiger charge is 2.31. The van der Waals surface area contributed by atoms with Gasteiger partial charge in [0.2, 0.25) is 6.39 Å². The Kier molecular flexibility index (Phi) is 4.17. The average Bonchev–Trinajstić information content (AvgIpc) is 2.90. The number of nitrogens with one attached hydrogen (secondary N) is 1. The molecule has 1 atom stereocenters. The highest BCUT2D eigenvalue weighted by Crippen LogP contribution is 2.32. The first-order valence-corrected chi connectivity index (χ1v) is 6.10. The lowest BCUT2D eigenvalue weighted by Gasteiger charge is -2.12. The number of carbonyl (C=O) groups excluding carboxylic acids is 1. The van der Waals surface area contributed by atoms with Crippen molar-refractivity contribution in [2.24, 2.45) is 0 Å². The van der Waals surface area contributed by atoms with E-state index in [1.54, 1.807) is 6.92 Å². The van der Waals surface area contributed by atoms with Gasteiger partial charge in [0.25, 0.3) is 5.91 Å². The second kappa shape index (κ2) is 5.72. The molecule has 21 heavy (non-hydrogen) atoms. The van der Waals surface area contributed by atoms with Gasteiger partial charge in [0.15, 0.2) is 5.82 Å². The van der Waals surface area contributed by atoms with Crippen molar-refractivity contribution in [1.82, 2.24) is 15.5 Å². The van der Waals surface area contributed by atoms with Crippen molar-refractivity contribution in [2.75, 3.05) is 0 Å². The van der Waals surface area contributed by atoms with Crippen LogP contribution >= 0.6 is 11.6 Å². The molecule has 5 nitrogen and oxygen atoms in total. The van der Waals surface area contributed by atoms with Crippen LogP contribution in [0.2, 0.25) is 5.02 Å². The van der Waals surface area contributed by atoms with E-state index in [9.17, 15) is 18.0 Å². The van der Waals surface area contributed by atoms with Crippen LogP contribution in [0.15, 0.2) is 29.1 Å². The number of hydrogen-bond donors (Lipinski definition) is 1. The van der Waals surface area contributed by atoms with Gasteiger partial charge in [-0.05, 0) is 25.1 Å². The molecule has 0 aliphatic carbocycles. The summed E-state index contributed by atoms with van der Waals surface area (Å²) in [5.74, 6) is -0.512. The molecule has 2 rings (SSSR count). The van der Waals surface area contributed by atoms with Crippen molar-refractivity contribution in [3.8, 4) is 0 Å². The van der Waals surface area contributed by atoms with Gasteiger partial charge in [0, 0.05) is 10.6 Å². The summed E-state index contributed by atoms with van der Waals surface area (Å²) in [7, 11) is 0. The summed E-state index contributed by atoms with van der Waals surface area (Å²) in [6.45, 7) is 1.57. The molecule has 0 spiro atoms. The molecule has 1 heterocycles. The lowest BCUT2D eigenvalue weighted by atomic mass is 10.1. The first kappa shape index (κ1) is 15.3. The summed E-state index contributed by atoms with van der Waals surface area (Å²) in [6.07, 6.45) is -3.50. The third-order valence-electron chi connectivity index (χ3n) is 2.60. The lowest BCUT2D eigenvalue weighted by molar-refractivity contribution is -0.137. The van der Waals surface area contributed by atoms with Gasteiger partial charge >= 0.3 is 6.18 Å². The molecule has 9 heteroatoms. The Labute approximate surface area is 122 Å². The van der Waals surface area contributed by atoms with Crippen LogP contribution < -0.4 is 5.32 Å². The minimum Gasteiger partial charge on any atom is -0.343 e. The molecule has 2 aromatic rings. The Hall–Kier alpha value is -2.09. The molecule has 1 amide bonds. The number of aromatic nitrogens is 2. The highest BCUT2D eigenvalue weighted by molar-refractivity contribution is 6.31. The molecule has 0 fully saturated rings. The molecule has 0 aliphatic heterocycles. The van der Waals surface area contributed by atoms with Crippen LogP contribution in [-0.2, 0) is 6.18 Å². The smallest absolute Gasteiger partial charge is 0.343 e. The Bertz CT molecular complexity index is 644. The summed E-state index contributed by atoms with van der Waals surface area (Å²) in [5, 5.41) is 5.81. The predicted molar refractivity (Wildman–Crippen MR) is 66.6 cm³/mol. The van der Waals surface area contributed by atoms with Crippen molar-refractivity contribution in [2.45, 2.75) is 19.1 Å². The van der Waals surface area contributed by atoms with Gasteiger partial charge in [0.1, 0.15) is 0 Å². The fourth-order valence-electron chi connectivity index (χ4n) is 1.60. The van der Waals surface area contributed by atoms with E-state index in [0.717, 1.165) is 24.6 Å². The van der Waals surface area contributed by atoms with Crippen molar-refractivity contribution in [3.05, 3.63) is 46.6 Å². The SMILES string of the molecule is CC(NC(=O)c1cc(Cl)cc(C(F)(F)F)c1)c1ncon1. The number of rotatable bonds is 3. The number of nitrogens with zero attached hydrogens (tertiary/aromatic N) is 2. The maximum Gasteiger partial charge on any atom is 0.416 e. The maximum atomic E-state index is 12.7. The standard InChI is InChI=1S/C12H9ClF3N3O2/c1-6(10-17-5-21-19-10)18-11(20)7-2-8(12(14,15)16)4-9(13)3-7/h2-6H,1H3,(H,18,20). The third-order valence-corrected chi connectivity index (χ3v) is 2.82. The van der Waals surface area contributed by atoms with Gasteiger partial charge < -0.3 is 9.84 Å². The Morgan fingerprint density at radius 1 is 1.38 bits per heavy atom. The zero-order valence-electron chi connectivity index (χ0n) is 10.6. The number of benzene rings is 1. The van der Waals surface area contributed by atoms with Gasteiger partial charge in [0.05, 0.1) is 11.6 Å². The van der Waals surface area contributed by atoms with Crippen molar-refractivity contribution in [3.63, 3.8) is 0 Å². The van der Waals surface area contributed by atoms with Crippen LogP contribution in [-0.4, -0.2) is 16.0 Å². The number of carbonyl (C=O) groups is 1. The van der Waals surface area contributed by atoms with Crippen LogP contribution in [0, 0.1) is 0 Å². The zero-order valence-corrected chi connectivity index (χ0v) is 11.4. The number of alkyl halides is 3. The van der Waals surface area contributed by atoms with Crippen LogP contribution in [0.4, 0.5) is 13.2 Å². The van der Waals surface area contributed by atoms with Crippen molar-refractivity contribution in [1.29, 1.82) is 0 Å². The molecule has 1 unspecified atom stereocenters. The minimum atomic E-state index is -4.58. The normalized spacial score (nSPS) is 13.0. The fraction of sp³-hybridized carbons (Fsp3) is 0.250. The molecule has 0 saturated carbocycles. The van der Waals surface area contributed by atoms with E-state index < -0.39 is 23.7 Å². The summed E-state index contributed by atoms with van der Waals surface area (Å²) >= 11 is 5.62. The summed E-state index contributed by atoms with van der Waals surface area (Å²) in [4.78, 5) is 15.7. The molecule has 1 aromatic heterocycles. The monoisotopic (exact) mass is 319 g/mol. The van der Waals surface area contributed by atoms with Gasteiger partial charge in [-0.2, -0.15) is 18.2 Å². The van der Waals surface area contributed by atoms with Crippen LogP contribution in [0.3, 0.4) is 0 Å². The first-order valence-electron chi connectivity index (χ1n) is 5.72. The van der Waals surface area contributed by atoms with Crippen LogP contribution in [0.25, 0.3) is 0 Å². The zero-order chi connectivity index (χ0) is 15.6. The summed E-state index contributed by atoms with van der Waals surface area (Å²) in [6, 6.07) is 2.00. The van der Waals surface area contributed by atoms with Gasteiger partial charge in [-0.25, -0.2) is 0 Å². The third kappa shape index (κ3) is 3.72. The molecule has 0 aliphatic rings. The second-order valence-electron chi connectivity index (χ2n) is 4.21. The van der Waals surface area contributed by atoms with Crippen molar-refractivity contribution >= 4 is 17.5 Å². The minimum absolute atomic E-state index is 0.179. The largest absolute Gasteiger partial charge is 0.416 e. The summed E-state index contributed by atoms with van der Waals surface area (Å²) < 4.78 is 42.5. The average molecular weight is 320 g/mol. The first-order chi connectivity index (χ1) is 9.77. The maximum absolute atomic E-state index is 12.7. The van der Waals surface area contributed by atoms with E-state index >= 15 is 0 Å². The molecule has 0 bridgehead atoms. The molecule has 1 aromatic carbocycles. The number of halogens is 4. The van der Waals surface area contributed by atoms with Gasteiger partial charge in [-0.1, -0.05) is 16.8 Å². The Morgan fingerprint density at radius 2 is 2.10 bits per heavy atom. The Morgan fingerprint density at radius 3 is 2.67 bits per heavy atom. The lowest BCUT2D eigenvalue weighted by Crippen LogP contribution is -2.27. The van der Waals surface area contributed by atoms with E-state index in [2.05, 4.69) is 20.0 Å². The molecule has 112 valence electrons. The van der Waals surface area contributed by atoms with Gasteiger partial charge in [-0.3, -0.25) is 4.79 Å². The van der Waals surface area contributed by atoms with Crippen LogP contribution in [0.1, 0.15) is 34.7 Å². The summed E-state index contributed by atoms with van der Waals surface area (Å²) in [5.41, 5.74) is -1.20. The van der Waals surface area contributed by atoms with E-state index in [1.165, 1.54) is 0 Å². The van der Waals surface area contributed by atoms with E-state index in [0.29, 0.717) is 0 Å². The molecule has 1 N–H and O–H groups in total.